The van der Waals surface area contributed by atoms with Gasteiger partial charge < -0.3 is 15.4 Å². The Hall–Kier alpha value is -3.00. The number of hydrogen-bond donors (Lipinski definition) is 2. The summed E-state index contributed by atoms with van der Waals surface area (Å²) in [6.07, 6.45) is 3.59. The van der Waals surface area contributed by atoms with E-state index in [0.29, 0.717) is 30.7 Å². The van der Waals surface area contributed by atoms with Crippen LogP contribution in [0, 0.1) is 12.7 Å². The van der Waals surface area contributed by atoms with Crippen LogP contribution < -0.4 is 15.4 Å². The third-order valence-corrected chi connectivity index (χ3v) is 4.51. The highest BCUT2D eigenvalue weighted by molar-refractivity contribution is 7.11. The monoisotopic (exact) mass is 385 g/mol. The summed E-state index contributed by atoms with van der Waals surface area (Å²) in [6.45, 7) is 3.23. The topological polar surface area (TPSA) is 71.4 Å². The van der Waals surface area contributed by atoms with Gasteiger partial charge in [-0.25, -0.2) is 14.4 Å². The van der Waals surface area contributed by atoms with Gasteiger partial charge in [0.05, 0.1) is 6.54 Å². The first-order valence-corrected chi connectivity index (χ1v) is 9.18. The van der Waals surface area contributed by atoms with E-state index in [4.69, 9.17) is 4.74 Å². The zero-order valence-corrected chi connectivity index (χ0v) is 15.9. The predicted molar refractivity (Wildman–Crippen MR) is 105 cm³/mol. The standard InChI is InChI=1S/C19H20FN5OS/c1-13-9-23-18(27-13)12-25-19(21-2)24-11-14-3-8-17(22-10-14)26-16-6-4-15(20)5-7-16/h3-10H,11-12H2,1-2H3,(H2,21,24,25). The first-order valence-electron chi connectivity index (χ1n) is 8.36. The molecule has 6 nitrogen and oxygen atoms in total. The number of aryl methyl sites for hydroxylation is 1. The zero-order chi connectivity index (χ0) is 19.1. The maximum Gasteiger partial charge on any atom is 0.219 e. The molecule has 3 aromatic rings. The molecule has 2 heterocycles. The van der Waals surface area contributed by atoms with Crippen LogP contribution in [-0.2, 0) is 13.1 Å². The summed E-state index contributed by atoms with van der Waals surface area (Å²) in [6, 6.07) is 9.50. The lowest BCUT2D eigenvalue weighted by Crippen LogP contribution is -2.36. The number of benzene rings is 1. The van der Waals surface area contributed by atoms with Gasteiger partial charge in [-0.1, -0.05) is 6.07 Å². The summed E-state index contributed by atoms with van der Waals surface area (Å²) in [7, 11) is 1.72. The van der Waals surface area contributed by atoms with Gasteiger partial charge in [-0.15, -0.1) is 11.3 Å². The number of nitrogens with zero attached hydrogens (tertiary/aromatic N) is 3. The van der Waals surface area contributed by atoms with Crippen LogP contribution in [0.3, 0.4) is 0 Å². The van der Waals surface area contributed by atoms with Gasteiger partial charge >= 0.3 is 0 Å². The molecule has 3 rings (SSSR count). The van der Waals surface area contributed by atoms with Gasteiger partial charge in [-0.05, 0) is 36.8 Å². The van der Waals surface area contributed by atoms with E-state index >= 15 is 0 Å². The number of guanidine groups is 1. The lowest BCUT2D eigenvalue weighted by Gasteiger charge is -2.11. The third kappa shape index (κ3) is 5.75. The molecule has 0 aliphatic heterocycles. The van der Waals surface area contributed by atoms with Crippen LogP contribution in [0.2, 0.25) is 0 Å². The van der Waals surface area contributed by atoms with Gasteiger partial charge in [0, 0.05) is 36.9 Å². The van der Waals surface area contributed by atoms with Crippen molar-refractivity contribution < 1.29 is 9.13 Å². The van der Waals surface area contributed by atoms with Crippen LogP contribution >= 0.6 is 11.3 Å². The molecule has 0 atom stereocenters. The fourth-order valence-electron chi connectivity index (χ4n) is 2.25. The summed E-state index contributed by atoms with van der Waals surface area (Å²) < 4.78 is 18.5. The van der Waals surface area contributed by atoms with E-state index in [9.17, 15) is 4.39 Å². The number of nitrogens with one attached hydrogen (secondary N) is 2. The van der Waals surface area contributed by atoms with Crippen LogP contribution in [0.15, 0.2) is 53.8 Å². The number of aromatic nitrogens is 2. The number of ether oxygens (including phenoxy) is 1. The summed E-state index contributed by atoms with van der Waals surface area (Å²) in [5.74, 6) is 1.38. The number of rotatable bonds is 6. The molecule has 0 saturated carbocycles. The number of aliphatic imine (C=N–C) groups is 1. The van der Waals surface area contributed by atoms with E-state index in [-0.39, 0.29) is 5.82 Å². The Balaban J connectivity index is 1.49. The van der Waals surface area contributed by atoms with Crippen molar-refractivity contribution in [1.82, 2.24) is 20.6 Å². The third-order valence-electron chi connectivity index (χ3n) is 3.59. The highest BCUT2D eigenvalue weighted by Gasteiger charge is 2.03. The van der Waals surface area contributed by atoms with Crippen molar-refractivity contribution in [3.05, 3.63) is 70.1 Å². The first kappa shape index (κ1) is 18.8. The minimum atomic E-state index is -0.302. The fourth-order valence-corrected chi connectivity index (χ4v) is 2.97. The molecule has 2 aromatic heterocycles. The molecule has 27 heavy (non-hydrogen) atoms. The van der Waals surface area contributed by atoms with Crippen LogP contribution in [0.25, 0.3) is 0 Å². The zero-order valence-electron chi connectivity index (χ0n) is 15.1. The molecule has 8 heteroatoms. The van der Waals surface area contributed by atoms with Gasteiger partial charge in [0.2, 0.25) is 5.88 Å². The molecular weight excluding hydrogens is 365 g/mol. The van der Waals surface area contributed by atoms with E-state index in [0.717, 1.165) is 10.6 Å². The lowest BCUT2D eigenvalue weighted by molar-refractivity contribution is 0.461. The van der Waals surface area contributed by atoms with E-state index in [1.807, 2.05) is 19.2 Å². The van der Waals surface area contributed by atoms with E-state index < -0.39 is 0 Å². The molecule has 0 unspecified atom stereocenters. The summed E-state index contributed by atoms with van der Waals surface area (Å²) in [4.78, 5) is 14.0. The summed E-state index contributed by atoms with van der Waals surface area (Å²) >= 11 is 1.66. The molecule has 0 amide bonds. The highest BCUT2D eigenvalue weighted by Crippen LogP contribution is 2.19. The number of pyridine rings is 1. The normalized spacial score (nSPS) is 11.3. The maximum absolute atomic E-state index is 12.9. The molecule has 0 aliphatic carbocycles. The smallest absolute Gasteiger partial charge is 0.219 e. The Morgan fingerprint density at radius 2 is 1.85 bits per heavy atom. The molecule has 1 aromatic carbocycles. The van der Waals surface area contributed by atoms with Crippen LogP contribution in [0.1, 0.15) is 15.4 Å². The largest absolute Gasteiger partial charge is 0.439 e. The van der Waals surface area contributed by atoms with Gasteiger partial charge in [-0.2, -0.15) is 0 Å². The second-order valence-corrected chi connectivity index (χ2v) is 7.02. The molecule has 0 spiro atoms. The Labute approximate surface area is 161 Å². The van der Waals surface area contributed by atoms with Crippen molar-refractivity contribution in [2.24, 2.45) is 4.99 Å². The predicted octanol–water partition coefficient (Wildman–Crippen LogP) is 3.64. The summed E-state index contributed by atoms with van der Waals surface area (Å²) in [5, 5.41) is 7.47. The van der Waals surface area contributed by atoms with E-state index in [2.05, 4.69) is 25.6 Å². The molecule has 0 fully saturated rings. The Bertz CT molecular complexity index is 893. The van der Waals surface area contributed by atoms with Gasteiger partial charge in [0.15, 0.2) is 5.96 Å². The van der Waals surface area contributed by atoms with Crippen molar-refractivity contribution >= 4 is 17.3 Å². The van der Waals surface area contributed by atoms with Crippen molar-refractivity contribution in [2.75, 3.05) is 7.05 Å². The number of hydrogen-bond acceptors (Lipinski definition) is 5. The second-order valence-electron chi connectivity index (χ2n) is 5.70. The number of thiazole rings is 1. The lowest BCUT2D eigenvalue weighted by atomic mass is 10.3. The van der Waals surface area contributed by atoms with Crippen molar-refractivity contribution in [1.29, 1.82) is 0 Å². The molecule has 140 valence electrons. The van der Waals surface area contributed by atoms with Gasteiger partial charge in [-0.3, -0.25) is 4.99 Å². The Morgan fingerprint density at radius 3 is 2.48 bits per heavy atom. The maximum atomic E-state index is 12.9. The van der Waals surface area contributed by atoms with Gasteiger partial charge in [0.1, 0.15) is 16.6 Å². The quantitative estimate of drug-likeness (QED) is 0.501. The van der Waals surface area contributed by atoms with E-state index in [1.165, 1.54) is 17.0 Å². The molecule has 2 N–H and O–H groups in total. The minimum absolute atomic E-state index is 0.302. The SMILES string of the molecule is CN=C(NCc1ccc(Oc2ccc(F)cc2)nc1)NCc1ncc(C)s1. The van der Waals surface area contributed by atoms with Crippen molar-refractivity contribution in [3.8, 4) is 11.6 Å². The van der Waals surface area contributed by atoms with Crippen LogP contribution in [-0.4, -0.2) is 23.0 Å². The molecule has 0 radical (unpaired) electrons. The Morgan fingerprint density at radius 1 is 1.07 bits per heavy atom. The average Bonchev–Trinajstić information content (AvgIpc) is 3.10. The van der Waals surface area contributed by atoms with Crippen molar-refractivity contribution in [3.63, 3.8) is 0 Å². The molecule has 0 saturated heterocycles. The number of halogens is 1. The highest BCUT2D eigenvalue weighted by atomic mass is 32.1. The average molecular weight is 385 g/mol. The van der Waals surface area contributed by atoms with Crippen LogP contribution in [0.5, 0.6) is 11.6 Å². The Kier molecular flexibility index (Phi) is 6.32. The molecule has 0 bridgehead atoms. The molecule has 0 aliphatic rings. The minimum Gasteiger partial charge on any atom is -0.439 e. The fraction of sp³-hybridized carbons (Fsp3) is 0.211. The molecular formula is C19H20FN5OS. The summed E-state index contributed by atoms with van der Waals surface area (Å²) in [5.41, 5.74) is 0.981. The second kappa shape index (κ2) is 9.09. The van der Waals surface area contributed by atoms with E-state index in [1.54, 1.807) is 42.8 Å². The van der Waals surface area contributed by atoms with Crippen LogP contribution in [0.4, 0.5) is 4.39 Å². The first-order chi connectivity index (χ1) is 13.1. The van der Waals surface area contributed by atoms with Gasteiger partial charge in [0.25, 0.3) is 0 Å². The van der Waals surface area contributed by atoms with Crippen molar-refractivity contribution in [2.45, 2.75) is 20.0 Å².